The van der Waals surface area contributed by atoms with E-state index in [-0.39, 0.29) is 59.8 Å². The minimum absolute atomic E-state index is 0.160. The third kappa shape index (κ3) is 43.1. The first-order valence-electron chi connectivity index (χ1n) is 40.9. The monoisotopic (exact) mass is 1690 g/mol. The molecule has 7 unspecified atom stereocenters. The van der Waals surface area contributed by atoms with E-state index in [1.54, 1.807) is 101 Å². The van der Waals surface area contributed by atoms with Crippen molar-refractivity contribution in [2.75, 3.05) is 62.2 Å². The van der Waals surface area contributed by atoms with Crippen LogP contribution < -0.4 is 52.7 Å². The Morgan fingerprint density at radius 1 is 0.317 bits per heavy atom. The van der Waals surface area contributed by atoms with Gasteiger partial charge in [-0.05, 0) is 265 Å². The number of aryl methyl sites for hydroxylation is 3. The SMILES string of the molecule is CC(N)Cc1ccc(O)cc1.CCc1ccc(CCOc2ccc(CC(C)N)cc2)nc1.CCc1ccc(CCOc2ccc(CC(NC)C(=O)O)cc2)nc1.CCc1ccc(CCOc2ccc(CC(NC)C(=O)OC)cc2)nc1.CNC(Cc1ccc(O)cc1)C(=O)O.CNC(Cc1ccc(O)cc1)C(=O)OC.NC(Cc1ccc(O)cc1)C(=O)O. The lowest BCUT2D eigenvalue weighted by molar-refractivity contribution is -0.143. The molecule has 7 atom stereocenters. The molecule has 3 heterocycles. The van der Waals surface area contributed by atoms with Crippen LogP contribution in [0.3, 0.4) is 0 Å². The van der Waals surface area contributed by atoms with E-state index in [4.69, 9.17) is 71.9 Å². The van der Waals surface area contributed by atoms with Crippen molar-refractivity contribution in [2.45, 2.75) is 160 Å². The number of carboxylic acid groups (broad SMARTS) is 3. The van der Waals surface area contributed by atoms with Crippen LogP contribution >= 0.6 is 0 Å². The highest BCUT2D eigenvalue weighted by Gasteiger charge is 2.20. The van der Waals surface area contributed by atoms with Gasteiger partial charge in [0.2, 0.25) is 0 Å². The Bertz CT molecular complexity index is 4570. The number of nitrogens with zero attached hydrogens (tertiary/aromatic N) is 3. The van der Waals surface area contributed by atoms with Crippen LogP contribution in [0.5, 0.6) is 40.2 Å². The maximum atomic E-state index is 11.6. The highest BCUT2D eigenvalue weighted by atomic mass is 16.5. The number of benzene rings is 7. The molecule has 10 rings (SSSR count). The molecule has 0 saturated heterocycles. The zero-order chi connectivity index (χ0) is 90.4. The molecule has 27 nitrogen and oxygen atoms in total. The molecule has 0 amide bonds. The van der Waals surface area contributed by atoms with Crippen molar-refractivity contribution >= 4 is 29.8 Å². The number of ether oxygens (including phenoxy) is 5. The molecular weight excluding hydrogens is 1570 g/mol. The van der Waals surface area contributed by atoms with Gasteiger partial charge in [-0.2, -0.15) is 0 Å². The average Bonchev–Trinajstić information content (AvgIpc) is 0.897. The fourth-order valence-corrected chi connectivity index (χ4v) is 11.5. The van der Waals surface area contributed by atoms with Gasteiger partial charge in [-0.1, -0.05) is 124 Å². The number of likely N-dealkylation sites (N-methyl/N-ethyl adjacent to an activating group) is 4. The van der Waals surface area contributed by atoms with Gasteiger partial charge in [-0.15, -0.1) is 0 Å². The summed E-state index contributed by atoms with van der Waals surface area (Å²) in [7, 11) is 9.48. The van der Waals surface area contributed by atoms with E-state index in [0.717, 1.165) is 119 Å². The smallest absolute Gasteiger partial charge is 0.323 e. The lowest BCUT2D eigenvalue weighted by atomic mass is 10.1. The lowest BCUT2D eigenvalue weighted by Crippen LogP contribution is -2.36. The van der Waals surface area contributed by atoms with Crippen molar-refractivity contribution in [2.24, 2.45) is 17.2 Å². The predicted octanol–water partition coefficient (Wildman–Crippen LogP) is 11.1. The van der Waals surface area contributed by atoms with Gasteiger partial charge in [0.1, 0.15) is 70.5 Å². The van der Waals surface area contributed by atoms with Gasteiger partial charge in [0.15, 0.2) is 0 Å². The van der Waals surface area contributed by atoms with Crippen LogP contribution in [-0.4, -0.2) is 185 Å². The minimum Gasteiger partial charge on any atom is -0.508 e. The number of aliphatic carboxylic acids is 3. The summed E-state index contributed by atoms with van der Waals surface area (Å²) in [5, 5.41) is 73.7. The van der Waals surface area contributed by atoms with Crippen LogP contribution in [0.1, 0.15) is 107 Å². The number of hydrogen-bond donors (Lipinski definition) is 14. The number of carbonyl (C=O) groups is 5. The molecule has 0 bridgehead atoms. The van der Waals surface area contributed by atoms with Crippen molar-refractivity contribution < 1.29 is 83.4 Å². The van der Waals surface area contributed by atoms with Gasteiger partial charge in [-0.25, -0.2) is 0 Å². The Kier molecular flexibility index (Phi) is 49.1. The molecule has 0 aliphatic rings. The standard InChI is InChI=1S/C20H26N2O3.C19H24N2O3.C18H24N2O.C11H15NO3.C10H13NO3.C9H11NO3.C9H13NO/c1-4-15-5-8-17(22-14-15)11-12-25-18-9-6-16(7-10-18)13-19(21-2)20(23)24-3;1-3-14-4-7-16(21-13-14)10-11-24-17-8-5-15(6-9-17)12-18(20-2)19(22)23;1-3-15-4-7-17(20-13-15)10-11-21-18-8-5-16(6-9-18)12-14(2)19;1-12-10(11(14)15-2)7-8-3-5-9(13)6-4-8;1-11-9(10(13)14)6-7-2-4-8(12)5-3-7;10-8(9(12)13)5-6-1-3-7(11)4-2-6;1-7(10)6-8-2-4-9(11)5-3-8/h5-10,14,19,21H,4,11-13H2,1-3H3;4-9,13,18,20H,3,10-12H2,1-2H3,(H,22,23);4-9,13-14H,3,10-12,19H2,1-2H3;3-6,10,12-13H,7H2,1-2H3;2-5,9,11-12H,6H2,1H3,(H,13,14);1-4,8,11H,5,10H2,(H,12,13);2-5,7,11H,6,10H2,1H3. The molecule has 123 heavy (non-hydrogen) atoms. The summed E-state index contributed by atoms with van der Waals surface area (Å²) in [5.74, 6) is 0.0684. The normalized spacial score (nSPS) is 12.1. The summed E-state index contributed by atoms with van der Waals surface area (Å²) in [5.41, 5.74) is 30.6. The maximum absolute atomic E-state index is 11.6. The van der Waals surface area contributed by atoms with E-state index in [1.165, 1.54) is 48.6 Å². The number of phenols is 4. The highest BCUT2D eigenvalue weighted by molar-refractivity contribution is 5.77. The minimum atomic E-state index is -1.02. The molecule has 0 saturated carbocycles. The first-order chi connectivity index (χ1) is 59.0. The van der Waals surface area contributed by atoms with Gasteiger partial charge in [0, 0.05) is 67.0 Å². The second-order valence-corrected chi connectivity index (χ2v) is 28.8. The number of nitrogens with one attached hydrogen (secondary N) is 4. The third-order valence-electron chi connectivity index (χ3n) is 18.9. The number of phenolic OH excluding ortho intramolecular Hbond substituents is 4. The molecule has 0 radical (unpaired) electrons. The molecule has 662 valence electrons. The van der Waals surface area contributed by atoms with Gasteiger partial charge < -0.3 is 97.9 Å². The van der Waals surface area contributed by atoms with Crippen LogP contribution in [0, 0.1) is 0 Å². The number of nitrogens with two attached hydrogens (primary N) is 3. The second kappa shape index (κ2) is 58.6. The summed E-state index contributed by atoms with van der Waals surface area (Å²) in [6, 6.07) is 60.3. The van der Waals surface area contributed by atoms with Gasteiger partial charge >= 0.3 is 29.8 Å². The maximum Gasteiger partial charge on any atom is 0.323 e. The first kappa shape index (κ1) is 103. The fourth-order valence-electron chi connectivity index (χ4n) is 11.5. The summed E-state index contributed by atoms with van der Waals surface area (Å²) in [6.45, 7) is 12.1. The van der Waals surface area contributed by atoms with Crippen LogP contribution in [0.25, 0.3) is 0 Å². The largest absolute Gasteiger partial charge is 0.508 e. The van der Waals surface area contributed by atoms with E-state index in [2.05, 4.69) is 104 Å². The Morgan fingerprint density at radius 3 is 0.732 bits per heavy atom. The molecule has 17 N–H and O–H groups in total. The number of carboxylic acids is 3. The number of aromatic nitrogens is 3. The summed E-state index contributed by atoms with van der Waals surface area (Å²) in [4.78, 5) is 68.3. The van der Waals surface area contributed by atoms with Crippen molar-refractivity contribution in [1.82, 2.24) is 36.2 Å². The first-order valence-corrected chi connectivity index (χ1v) is 40.9. The van der Waals surface area contributed by atoms with E-state index in [1.807, 2.05) is 111 Å². The highest BCUT2D eigenvalue weighted by Crippen LogP contribution is 2.20. The van der Waals surface area contributed by atoms with Gasteiger partial charge in [0.25, 0.3) is 0 Å². The van der Waals surface area contributed by atoms with Gasteiger partial charge in [-0.3, -0.25) is 38.9 Å². The number of rotatable bonds is 38. The van der Waals surface area contributed by atoms with Crippen LogP contribution in [-0.2, 0) is 117 Å². The molecule has 7 aromatic carbocycles. The van der Waals surface area contributed by atoms with E-state index < -0.39 is 36.0 Å². The number of methoxy groups -OCH3 is 2. The molecule has 0 spiro atoms. The third-order valence-corrected chi connectivity index (χ3v) is 18.9. The van der Waals surface area contributed by atoms with E-state index in [0.29, 0.717) is 51.3 Å². The fraction of sp³-hybridized carbons (Fsp3) is 0.354. The van der Waals surface area contributed by atoms with E-state index in [9.17, 15) is 24.0 Å². The Morgan fingerprint density at radius 2 is 0.537 bits per heavy atom. The second-order valence-electron chi connectivity index (χ2n) is 28.8. The molecule has 0 fully saturated rings. The Balaban J connectivity index is 0.000000307. The lowest BCUT2D eigenvalue weighted by Gasteiger charge is -2.14. The zero-order valence-corrected chi connectivity index (χ0v) is 72.5. The van der Waals surface area contributed by atoms with Crippen molar-refractivity contribution in [3.8, 4) is 40.2 Å². The number of pyridine rings is 3. The Hall–Kier alpha value is -12.3. The van der Waals surface area contributed by atoms with Crippen molar-refractivity contribution in [1.29, 1.82) is 0 Å². The quantitative estimate of drug-likeness (QED) is 0.0160. The van der Waals surface area contributed by atoms with Crippen molar-refractivity contribution in [3.05, 3.63) is 298 Å². The summed E-state index contributed by atoms with van der Waals surface area (Å²) in [6.07, 6.45) is 15.2. The topological polar surface area (TPSA) is 438 Å². The van der Waals surface area contributed by atoms with Crippen molar-refractivity contribution in [3.63, 3.8) is 0 Å². The molecule has 3 aromatic heterocycles. The van der Waals surface area contributed by atoms with Crippen LogP contribution in [0.2, 0.25) is 0 Å². The predicted molar refractivity (Wildman–Crippen MR) is 480 cm³/mol. The number of hydrogen-bond acceptors (Lipinski definition) is 24. The number of aromatic hydroxyl groups is 4. The molecule has 27 heteroatoms. The number of esters is 2. The molecule has 0 aliphatic carbocycles. The molecular formula is C96H126N10O17. The van der Waals surface area contributed by atoms with Crippen LogP contribution in [0.4, 0.5) is 0 Å². The summed E-state index contributed by atoms with van der Waals surface area (Å²) >= 11 is 0. The summed E-state index contributed by atoms with van der Waals surface area (Å²) < 4.78 is 26.7. The average molecular weight is 1690 g/mol. The zero-order valence-electron chi connectivity index (χ0n) is 72.5. The molecule has 0 aliphatic heterocycles. The molecule has 10 aromatic rings. The van der Waals surface area contributed by atoms with E-state index >= 15 is 0 Å². The van der Waals surface area contributed by atoms with Gasteiger partial charge in [0.05, 0.1) is 34.0 Å². The van der Waals surface area contributed by atoms with Crippen LogP contribution in [0.15, 0.2) is 225 Å². The Labute approximate surface area is 723 Å². The number of carbonyl (C=O) groups excluding carboxylic acids is 2.